The van der Waals surface area contributed by atoms with Gasteiger partial charge in [-0.2, -0.15) is 4.57 Å². The van der Waals surface area contributed by atoms with E-state index in [-0.39, 0.29) is 12.1 Å². The Hall–Kier alpha value is -2.68. The van der Waals surface area contributed by atoms with Crippen molar-refractivity contribution >= 4 is 16.9 Å². The smallest absolute Gasteiger partial charge is 0.338 e. The van der Waals surface area contributed by atoms with Crippen LogP contribution < -0.4 is 4.57 Å². The standard InChI is InChI=1S/C20H20NO2/c1-15(2)23-20(22)18-11-9-16(10-12-18)14-21-13-5-7-17-6-3-4-8-19(17)21/h3-13,15H,14H2,1-2H3/q+1. The molecule has 0 bridgehead atoms. The van der Waals surface area contributed by atoms with Crippen LogP contribution in [0.4, 0.5) is 0 Å². The summed E-state index contributed by atoms with van der Waals surface area (Å²) in [6.45, 7) is 4.47. The lowest BCUT2D eigenvalue weighted by atomic mass is 10.1. The van der Waals surface area contributed by atoms with Crippen LogP contribution in [0.5, 0.6) is 0 Å². The number of ether oxygens (including phenoxy) is 1. The third-order valence-electron chi connectivity index (χ3n) is 3.67. The van der Waals surface area contributed by atoms with Crippen molar-refractivity contribution in [3.8, 4) is 0 Å². The second kappa shape index (κ2) is 6.61. The molecule has 1 aromatic heterocycles. The number of rotatable bonds is 4. The summed E-state index contributed by atoms with van der Waals surface area (Å²) >= 11 is 0. The van der Waals surface area contributed by atoms with Gasteiger partial charge >= 0.3 is 5.97 Å². The Balaban J connectivity index is 1.81. The molecule has 0 atom stereocenters. The Morgan fingerprint density at radius 1 is 1.00 bits per heavy atom. The van der Waals surface area contributed by atoms with Gasteiger partial charge in [0.2, 0.25) is 5.52 Å². The van der Waals surface area contributed by atoms with E-state index < -0.39 is 0 Å². The van der Waals surface area contributed by atoms with E-state index in [4.69, 9.17) is 4.74 Å². The molecule has 2 aromatic carbocycles. The zero-order valence-corrected chi connectivity index (χ0v) is 13.4. The quantitative estimate of drug-likeness (QED) is 0.543. The SMILES string of the molecule is CC(C)OC(=O)c1ccc(C[n+]2cccc3ccccc32)cc1. The van der Waals surface area contributed by atoms with E-state index in [0.717, 1.165) is 12.1 Å². The molecule has 0 N–H and O–H groups in total. The molecule has 0 aliphatic heterocycles. The summed E-state index contributed by atoms with van der Waals surface area (Å²) in [4.78, 5) is 11.9. The summed E-state index contributed by atoms with van der Waals surface area (Å²) in [6.07, 6.45) is 1.97. The van der Waals surface area contributed by atoms with Crippen LogP contribution in [0.25, 0.3) is 10.9 Å². The number of hydrogen-bond donors (Lipinski definition) is 0. The van der Waals surface area contributed by atoms with Crippen LogP contribution in [-0.4, -0.2) is 12.1 Å². The van der Waals surface area contributed by atoms with Crippen LogP contribution in [0, 0.1) is 0 Å². The number of nitrogens with zero attached hydrogens (tertiary/aromatic N) is 1. The molecule has 1 heterocycles. The van der Waals surface area contributed by atoms with Gasteiger partial charge in [-0.1, -0.05) is 24.3 Å². The highest BCUT2D eigenvalue weighted by atomic mass is 16.5. The van der Waals surface area contributed by atoms with E-state index in [0.29, 0.717) is 5.56 Å². The molecule has 116 valence electrons. The van der Waals surface area contributed by atoms with Crippen molar-refractivity contribution < 1.29 is 14.1 Å². The molecule has 0 saturated carbocycles. The molecule has 0 amide bonds. The highest BCUT2D eigenvalue weighted by Gasteiger charge is 2.11. The average Bonchev–Trinajstić information content (AvgIpc) is 2.55. The summed E-state index contributed by atoms with van der Waals surface area (Å²) < 4.78 is 7.41. The molecule has 3 heteroatoms. The summed E-state index contributed by atoms with van der Waals surface area (Å²) in [7, 11) is 0. The summed E-state index contributed by atoms with van der Waals surface area (Å²) in [5, 5.41) is 1.21. The Labute approximate surface area is 136 Å². The molecule has 0 unspecified atom stereocenters. The molecule has 0 spiro atoms. The first kappa shape index (κ1) is 15.2. The van der Waals surface area contributed by atoms with Crippen LogP contribution in [0.15, 0.2) is 66.9 Å². The van der Waals surface area contributed by atoms with Gasteiger partial charge in [0.25, 0.3) is 0 Å². The number of benzene rings is 2. The van der Waals surface area contributed by atoms with Crippen LogP contribution >= 0.6 is 0 Å². The third kappa shape index (κ3) is 3.57. The molecule has 3 nitrogen and oxygen atoms in total. The summed E-state index contributed by atoms with van der Waals surface area (Å²) in [5.74, 6) is -0.274. The number of carbonyl (C=O) groups is 1. The maximum Gasteiger partial charge on any atom is 0.338 e. The number of aromatic nitrogens is 1. The molecule has 0 saturated heterocycles. The maximum atomic E-state index is 11.9. The predicted octanol–water partition coefficient (Wildman–Crippen LogP) is 3.74. The normalized spacial score (nSPS) is 10.9. The fraction of sp³-hybridized carbons (Fsp3) is 0.200. The minimum absolute atomic E-state index is 0.103. The second-order valence-corrected chi connectivity index (χ2v) is 5.85. The van der Waals surface area contributed by atoms with Crippen molar-refractivity contribution in [1.82, 2.24) is 0 Å². The van der Waals surface area contributed by atoms with Crippen LogP contribution in [0.3, 0.4) is 0 Å². The first-order valence-corrected chi connectivity index (χ1v) is 7.80. The minimum Gasteiger partial charge on any atom is -0.459 e. The van der Waals surface area contributed by atoms with Gasteiger partial charge in [-0.3, -0.25) is 0 Å². The van der Waals surface area contributed by atoms with E-state index in [1.165, 1.54) is 10.9 Å². The van der Waals surface area contributed by atoms with E-state index in [1.54, 1.807) is 0 Å². The molecule has 0 aliphatic rings. The Kier molecular flexibility index (Phi) is 4.38. The van der Waals surface area contributed by atoms with Gasteiger partial charge < -0.3 is 4.74 Å². The number of fused-ring (bicyclic) bond motifs is 1. The Morgan fingerprint density at radius 3 is 2.43 bits per heavy atom. The zero-order valence-electron chi connectivity index (χ0n) is 13.4. The monoisotopic (exact) mass is 306 g/mol. The van der Waals surface area contributed by atoms with Gasteiger partial charge in [0, 0.05) is 23.1 Å². The van der Waals surface area contributed by atoms with Crippen molar-refractivity contribution in [2.24, 2.45) is 0 Å². The van der Waals surface area contributed by atoms with E-state index in [2.05, 4.69) is 35.0 Å². The number of esters is 1. The van der Waals surface area contributed by atoms with Crippen LogP contribution in [-0.2, 0) is 11.3 Å². The molecular weight excluding hydrogens is 286 g/mol. The zero-order chi connectivity index (χ0) is 16.2. The lowest BCUT2D eigenvalue weighted by molar-refractivity contribution is -0.662. The molecule has 0 radical (unpaired) electrons. The molecular formula is C20H20NO2+. The fourth-order valence-electron chi connectivity index (χ4n) is 2.58. The highest BCUT2D eigenvalue weighted by molar-refractivity contribution is 5.89. The van der Waals surface area contributed by atoms with Gasteiger partial charge in [-0.25, -0.2) is 4.79 Å². The number of carbonyl (C=O) groups excluding carboxylic acids is 1. The van der Waals surface area contributed by atoms with E-state index >= 15 is 0 Å². The second-order valence-electron chi connectivity index (χ2n) is 5.85. The van der Waals surface area contributed by atoms with Gasteiger partial charge in [-0.05, 0) is 38.1 Å². The summed E-state index contributed by atoms with van der Waals surface area (Å²) in [6, 6.07) is 20.1. The molecule has 0 fully saturated rings. The maximum absolute atomic E-state index is 11.9. The fourth-order valence-corrected chi connectivity index (χ4v) is 2.58. The first-order chi connectivity index (χ1) is 11.1. The van der Waals surface area contributed by atoms with Crippen molar-refractivity contribution in [3.63, 3.8) is 0 Å². The van der Waals surface area contributed by atoms with Gasteiger partial charge in [0.05, 0.1) is 11.7 Å². The largest absolute Gasteiger partial charge is 0.459 e. The van der Waals surface area contributed by atoms with Crippen LogP contribution in [0.1, 0.15) is 29.8 Å². The topological polar surface area (TPSA) is 30.2 Å². The molecule has 23 heavy (non-hydrogen) atoms. The lowest BCUT2D eigenvalue weighted by Crippen LogP contribution is -2.34. The van der Waals surface area contributed by atoms with Gasteiger partial charge in [0.1, 0.15) is 0 Å². The summed E-state index contributed by atoms with van der Waals surface area (Å²) in [5.41, 5.74) is 2.93. The number of hydrogen-bond acceptors (Lipinski definition) is 2. The van der Waals surface area contributed by atoms with E-state index in [9.17, 15) is 4.79 Å². The molecule has 3 aromatic rings. The Bertz CT molecular complexity index is 817. The highest BCUT2D eigenvalue weighted by Crippen LogP contribution is 2.11. The third-order valence-corrected chi connectivity index (χ3v) is 3.67. The van der Waals surface area contributed by atoms with E-state index in [1.807, 2.05) is 50.2 Å². The van der Waals surface area contributed by atoms with Gasteiger partial charge in [0.15, 0.2) is 12.7 Å². The number of pyridine rings is 1. The van der Waals surface area contributed by atoms with Crippen molar-refractivity contribution in [2.75, 3.05) is 0 Å². The van der Waals surface area contributed by atoms with Crippen molar-refractivity contribution in [3.05, 3.63) is 78.0 Å². The van der Waals surface area contributed by atoms with Crippen molar-refractivity contribution in [1.29, 1.82) is 0 Å². The van der Waals surface area contributed by atoms with Crippen molar-refractivity contribution in [2.45, 2.75) is 26.5 Å². The minimum atomic E-state index is -0.274. The molecule has 0 aliphatic carbocycles. The number of para-hydroxylation sites is 1. The van der Waals surface area contributed by atoms with Gasteiger partial charge in [-0.15, -0.1) is 0 Å². The molecule has 3 rings (SSSR count). The van der Waals surface area contributed by atoms with Crippen LogP contribution in [0.2, 0.25) is 0 Å². The lowest BCUT2D eigenvalue weighted by Gasteiger charge is -2.08. The Morgan fingerprint density at radius 2 is 1.70 bits per heavy atom. The predicted molar refractivity (Wildman–Crippen MR) is 90.2 cm³/mol. The first-order valence-electron chi connectivity index (χ1n) is 7.80. The average molecular weight is 306 g/mol.